The minimum atomic E-state index is -0.118. The number of nitrogens with one attached hydrogen (secondary N) is 1. The summed E-state index contributed by atoms with van der Waals surface area (Å²) in [5.41, 5.74) is 6.98. The van der Waals surface area contributed by atoms with Crippen molar-refractivity contribution in [2.24, 2.45) is 0 Å². The van der Waals surface area contributed by atoms with Crippen molar-refractivity contribution in [3.63, 3.8) is 0 Å². The van der Waals surface area contributed by atoms with E-state index in [2.05, 4.69) is 17.0 Å². The Morgan fingerprint density at radius 2 is 2.47 bits per heavy atom. The Labute approximate surface area is 100 Å². The molecule has 0 aromatic carbocycles. The van der Waals surface area contributed by atoms with E-state index >= 15 is 0 Å². The summed E-state index contributed by atoms with van der Waals surface area (Å²) >= 11 is 0. The number of ether oxygens (including phenoxy) is 1. The molecule has 1 heterocycles. The van der Waals surface area contributed by atoms with Gasteiger partial charge in [-0.3, -0.25) is 9.48 Å². The predicted molar refractivity (Wildman–Crippen MR) is 65.3 cm³/mol. The first-order valence-electron chi connectivity index (χ1n) is 5.34. The van der Waals surface area contributed by atoms with Crippen LogP contribution in [-0.4, -0.2) is 35.4 Å². The molecule has 0 unspecified atom stereocenters. The summed E-state index contributed by atoms with van der Waals surface area (Å²) in [5, 5.41) is 6.63. The Balaban J connectivity index is 2.11. The second kappa shape index (κ2) is 6.70. The molecule has 94 valence electrons. The highest BCUT2D eigenvalue weighted by Gasteiger charge is 2.02. The summed E-state index contributed by atoms with van der Waals surface area (Å²) in [6, 6.07) is 0. The van der Waals surface area contributed by atoms with E-state index in [-0.39, 0.29) is 12.5 Å². The lowest BCUT2D eigenvalue weighted by Gasteiger charge is -2.06. The fourth-order valence-electron chi connectivity index (χ4n) is 1.18. The Kier molecular flexibility index (Phi) is 5.22. The van der Waals surface area contributed by atoms with Gasteiger partial charge in [0.25, 0.3) is 0 Å². The molecule has 0 radical (unpaired) electrons. The van der Waals surface area contributed by atoms with Crippen molar-refractivity contribution < 1.29 is 9.53 Å². The zero-order valence-corrected chi connectivity index (χ0v) is 9.98. The standard InChI is InChI=1S/C11H18N4O2/c1-9(2)8-17-4-3-13-11(16)7-15-6-10(12)5-14-15/h5-6H,1,3-4,7-8,12H2,2H3,(H,13,16). The van der Waals surface area contributed by atoms with Crippen LogP contribution in [0.25, 0.3) is 0 Å². The van der Waals surface area contributed by atoms with Crippen molar-refractivity contribution in [3.05, 3.63) is 24.5 Å². The lowest BCUT2D eigenvalue weighted by molar-refractivity contribution is -0.122. The summed E-state index contributed by atoms with van der Waals surface area (Å²) < 4.78 is 6.73. The number of anilines is 1. The molecule has 0 aliphatic rings. The van der Waals surface area contributed by atoms with Crippen molar-refractivity contribution in [1.29, 1.82) is 0 Å². The van der Waals surface area contributed by atoms with E-state index in [0.717, 1.165) is 5.57 Å². The Hall–Kier alpha value is -1.82. The molecule has 0 fully saturated rings. The van der Waals surface area contributed by atoms with Gasteiger partial charge in [0, 0.05) is 12.7 Å². The molecule has 6 nitrogen and oxygen atoms in total. The van der Waals surface area contributed by atoms with E-state index in [9.17, 15) is 4.79 Å². The Morgan fingerprint density at radius 1 is 1.71 bits per heavy atom. The lowest BCUT2D eigenvalue weighted by Crippen LogP contribution is -2.30. The number of amides is 1. The zero-order valence-electron chi connectivity index (χ0n) is 9.98. The normalized spacial score (nSPS) is 10.2. The molecule has 3 N–H and O–H groups in total. The van der Waals surface area contributed by atoms with E-state index < -0.39 is 0 Å². The first kappa shape index (κ1) is 13.2. The number of carbonyl (C=O) groups is 1. The van der Waals surface area contributed by atoms with Crippen LogP contribution in [0, 0.1) is 0 Å². The molecule has 6 heteroatoms. The average Bonchev–Trinajstić information content (AvgIpc) is 2.63. The van der Waals surface area contributed by atoms with E-state index in [1.165, 1.54) is 10.9 Å². The number of nitrogens with zero attached hydrogens (tertiary/aromatic N) is 2. The summed E-state index contributed by atoms with van der Waals surface area (Å²) in [6.45, 7) is 7.23. The van der Waals surface area contributed by atoms with Gasteiger partial charge < -0.3 is 15.8 Å². The largest absolute Gasteiger partial charge is 0.396 e. The highest BCUT2D eigenvalue weighted by atomic mass is 16.5. The summed E-state index contributed by atoms with van der Waals surface area (Å²) in [6.07, 6.45) is 3.11. The second-order valence-corrected chi connectivity index (χ2v) is 3.83. The van der Waals surface area contributed by atoms with Crippen molar-refractivity contribution in [3.8, 4) is 0 Å². The maximum Gasteiger partial charge on any atom is 0.241 e. The van der Waals surface area contributed by atoms with Crippen molar-refractivity contribution in [2.75, 3.05) is 25.5 Å². The number of rotatable bonds is 7. The fraction of sp³-hybridized carbons (Fsp3) is 0.455. The minimum absolute atomic E-state index is 0.118. The third-order valence-electron chi connectivity index (χ3n) is 1.88. The van der Waals surface area contributed by atoms with E-state index in [4.69, 9.17) is 10.5 Å². The molecule has 1 aromatic rings. The van der Waals surface area contributed by atoms with E-state index in [0.29, 0.717) is 25.4 Å². The molecule has 1 rings (SSSR count). The van der Waals surface area contributed by atoms with Crippen LogP contribution in [0.1, 0.15) is 6.92 Å². The molecular weight excluding hydrogens is 220 g/mol. The number of hydrogen-bond acceptors (Lipinski definition) is 4. The van der Waals surface area contributed by atoms with Crippen LogP contribution in [0.15, 0.2) is 24.5 Å². The number of carbonyl (C=O) groups excluding carboxylic acids is 1. The van der Waals surface area contributed by atoms with Crippen LogP contribution in [-0.2, 0) is 16.1 Å². The van der Waals surface area contributed by atoms with Gasteiger partial charge in [-0.2, -0.15) is 5.10 Å². The number of aromatic nitrogens is 2. The molecule has 0 saturated carbocycles. The van der Waals surface area contributed by atoms with Crippen LogP contribution in [0.5, 0.6) is 0 Å². The van der Waals surface area contributed by atoms with Crippen LogP contribution < -0.4 is 11.1 Å². The van der Waals surface area contributed by atoms with E-state index in [1.54, 1.807) is 6.20 Å². The highest BCUT2D eigenvalue weighted by Crippen LogP contribution is 1.96. The van der Waals surface area contributed by atoms with Gasteiger partial charge in [-0.05, 0) is 6.92 Å². The SMILES string of the molecule is C=C(C)COCCNC(=O)Cn1cc(N)cn1. The first-order chi connectivity index (χ1) is 8.08. The number of hydrogen-bond donors (Lipinski definition) is 2. The molecule has 0 aliphatic carbocycles. The van der Waals surface area contributed by atoms with Crippen LogP contribution >= 0.6 is 0 Å². The second-order valence-electron chi connectivity index (χ2n) is 3.83. The number of nitrogen functional groups attached to an aromatic ring is 1. The number of nitrogens with two attached hydrogens (primary N) is 1. The Bertz CT molecular complexity index is 387. The van der Waals surface area contributed by atoms with Gasteiger partial charge in [0.15, 0.2) is 0 Å². The van der Waals surface area contributed by atoms with Crippen LogP contribution in [0.2, 0.25) is 0 Å². The fourth-order valence-corrected chi connectivity index (χ4v) is 1.18. The summed E-state index contributed by atoms with van der Waals surface area (Å²) in [7, 11) is 0. The maximum absolute atomic E-state index is 11.4. The zero-order chi connectivity index (χ0) is 12.7. The molecule has 0 atom stereocenters. The molecule has 0 saturated heterocycles. The average molecular weight is 238 g/mol. The summed E-state index contributed by atoms with van der Waals surface area (Å²) in [5.74, 6) is -0.118. The molecular formula is C11H18N4O2. The third kappa shape index (κ3) is 5.72. The molecule has 0 bridgehead atoms. The monoisotopic (exact) mass is 238 g/mol. The molecule has 1 aromatic heterocycles. The predicted octanol–water partition coefficient (Wildman–Crippen LogP) is 0.174. The van der Waals surface area contributed by atoms with Gasteiger partial charge in [0.2, 0.25) is 5.91 Å². The third-order valence-corrected chi connectivity index (χ3v) is 1.88. The van der Waals surface area contributed by atoms with Gasteiger partial charge in [0.05, 0.1) is 25.1 Å². The molecule has 0 spiro atoms. The minimum Gasteiger partial charge on any atom is -0.396 e. The van der Waals surface area contributed by atoms with Crippen LogP contribution in [0.3, 0.4) is 0 Å². The molecule has 0 aliphatic heterocycles. The lowest BCUT2D eigenvalue weighted by atomic mass is 10.4. The first-order valence-corrected chi connectivity index (χ1v) is 5.34. The maximum atomic E-state index is 11.4. The van der Waals surface area contributed by atoms with Gasteiger partial charge >= 0.3 is 0 Å². The van der Waals surface area contributed by atoms with Crippen LogP contribution in [0.4, 0.5) is 5.69 Å². The quantitative estimate of drug-likeness (QED) is 0.524. The van der Waals surface area contributed by atoms with Crippen molar-refractivity contribution >= 4 is 11.6 Å². The molecule has 1 amide bonds. The molecule has 17 heavy (non-hydrogen) atoms. The summed E-state index contributed by atoms with van der Waals surface area (Å²) in [4.78, 5) is 11.4. The van der Waals surface area contributed by atoms with Crippen molar-refractivity contribution in [1.82, 2.24) is 15.1 Å². The van der Waals surface area contributed by atoms with Gasteiger partial charge in [-0.1, -0.05) is 12.2 Å². The smallest absolute Gasteiger partial charge is 0.241 e. The Morgan fingerprint density at radius 3 is 3.06 bits per heavy atom. The van der Waals surface area contributed by atoms with Gasteiger partial charge in [0.1, 0.15) is 6.54 Å². The topological polar surface area (TPSA) is 82.2 Å². The highest BCUT2D eigenvalue weighted by molar-refractivity contribution is 5.75. The van der Waals surface area contributed by atoms with E-state index in [1.807, 2.05) is 6.92 Å². The van der Waals surface area contributed by atoms with Gasteiger partial charge in [-0.25, -0.2) is 0 Å². The van der Waals surface area contributed by atoms with Crippen molar-refractivity contribution in [2.45, 2.75) is 13.5 Å². The van der Waals surface area contributed by atoms with Gasteiger partial charge in [-0.15, -0.1) is 0 Å².